The van der Waals surface area contributed by atoms with Gasteiger partial charge in [-0.05, 0) is 23.3 Å². The summed E-state index contributed by atoms with van der Waals surface area (Å²) in [6.07, 6.45) is 0.265. The molecule has 3 aromatic rings. The summed E-state index contributed by atoms with van der Waals surface area (Å²) in [7, 11) is 0. The average molecular weight is 551 g/mol. The summed E-state index contributed by atoms with van der Waals surface area (Å²) in [5.41, 5.74) is 1.41. The summed E-state index contributed by atoms with van der Waals surface area (Å²) in [4.78, 5) is 68.1. The average Bonchev–Trinajstić information content (AvgIpc) is 3.52. The molecule has 11 nitrogen and oxygen atoms in total. The number of amides is 4. The molecule has 2 aromatic carbocycles. The highest BCUT2D eigenvalue weighted by Gasteiger charge is 2.47. The van der Waals surface area contributed by atoms with Gasteiger partial charge in [-0.25, -0.2) is 19.5 Å². The molecule has 4 rings (SSSR count). The molecule has 3 atom stereocenters. The molecule has 0 saturated carbocycles. The van der Waals surface area contributed by atoms with E-state index >= 15 is 0 Å². The van der Waals surface area contributed by atoms with Gasteiger partial charge in [-0.1, -0.05) is 56.3 Å². The fourth-order valence-electron chi connectivity index (χ4n) is 4.21. The van der Waals surface area contributed by atoms with Crippen LogP contribution in [0.5, 0.6) is 5.75 Å². The molecule has 0 radical (unpaired) electrons. The van der Waals surface area contributed by atoms with E-state index in [1.807, 2.05) is 6.07 Å². The van der Waals surface area contributed by atoms with Crippen LogP contribution in [0.25, 0.3) is 0 Å². The lowest BCUT2D eigenvalue weighted by atomic mass is 9.91. The van der Waals surface area contributed by atoms with Crippen LogP contribution in [0.1, 0.15) is 53.8 Å². The minimum atomic E-state index is -1.22. The van der Waals surface area contributed by atoms with Gasteiger partial charge in [0.05, 0.1) is 0 Å². The Morgan fingerprint density at radius 1 is 1.13 bits per heavy atom. The van der Waals surface area contributed by atoms with E-state index in [2.05, 4.69) is 15.6 Å². The van der Waals surface area contributed by atoms with Crippen molar-refractivity contribution in [1.82, 2.24) is 15.2 Å². The number of carbonyl (C=O) groups is 5. The summed E-state index contributed by atoms with van der Waals surface area (Å²) < 4.78 is 5.12. The molecule has 39 heavy (non-hydrogen) atoms. The second-order valence-corrected chi connectivity index (χ2v) is 9.65. The fraction of sp³-hybridized carbons (Fsp3) is 0.259. The maximum absolute atomic E-state index is 13.6. The molecule has 1 aliphatic heterocycles. The Labute approximate surface area is 227 Å². The van der Waals surface area contributed by atoms with E-state index in [0.717, 1.165) is 21.8 Å². The fourth-order valence-corrected chi connectivity index (χ4v) is 4.93. The van der Waals surface area contributed by atoms with Crippen molar-refractivity contribution in [3.8, 4) is 5.75 Å². The second-order valence-electron chi connectivity index (χ2n) is 8.79. The minimum absolute atomic E-state index is 0.169. The van der Waals surface area contributed by atoms with Gasteiger partial charge in [0.15, 0.2) is 17.5 Å². The first-order valence-electron chi connectivity index (χ1n) is 12.1. The van der Waals surface area contributed by atoms with Crippen LogP contribution < -0.4 is 15.4 Å². The summed E-state index contributed by atoms with van der Waals surface area (Å²) in [6, 6.07) is 12.1. The number of benzene rings is 2. The predicted octanol–water partition coefficient (Wildman–Crippen LogP) is 3.60. The maximum atomic E-state index is 13.6. The van der Waals surface area contributed by atoms with Gasteiger partial charge in [-0.2, -0.15) is 0 Å². The van der Waals surface area contributed by atoms with E-state index < -0.39 is 48.4 Å². The van der Waals surface area contributed by atoms with Crippen molar-refractivity contribution in [1.29, 1.82) is 0 Å². The molecule has 0 aliphatic carbocycles. The van der Waals surface area contributed by atoms with Crippen molar-refractivity contribution in [2.45, 2.75) is 38.3 Å². The third-order valence-corrected chi connectivity index (χ3v) is 6.99. The number of thiazole rings is 1. The normalized spacial score (nSPS) is 16.4. The third-order valence-electron chi connectivity index (χ3n) is 6.23. The first-order valence-corrected chi connectivity index (χ1v) is 13.0. The quantitative estimate of drug-likeness (QED) is 0.242. The number of rotatable bonds is 11. The lowest BCUT2D eigenvalue weighted by molar-refractivity contribution is -0.139. The van der Waals surface area contributed by atoms with Gasteiger partial charge in [0.25, 0.3) is 5.91 Å². The van der Waals surface area contributed by atoms with E-state index in [4.69, 9.17) is 9.84 Å². The first-order chi connectivity index (χ1) is 18.7. The van der Waals surface area contributed by atoms with Crippen LogP contribution in [0.2, 0.25) is 0 Å². The number of hydrogen-bond acceptors (Lipinski definition) is 8. The maximum Gasteiger partial charge on any atom is 0.341 e. The Kier molecular flexibility index (Phi) is 8.35. The van der Waals surface area contributed by atoms with Crippen molar-refractivity contribution < 1.29 is 33.8 Å². The van der Waals surface area contributed by atoms with E-state index in [-0.39, 0.29) is 28.8 Å². The largest absolute Gasteiger partial charge is 0.482 e. The Morgan fingerprint density at radius 3 is 2.46 bits per heavy atom. The van der Waals surface area contributed by atoms with Crippen LogP contribution in [0.4, 0.5) is 9.93 Å². The predicted molar refractivity (Wildman–Crippen MR) is 142 cm³/mol. The Balaban J connectivity index is 1.61. The van der Waals surface area contributed by atoms with Gasteiger partial charge in [-0.3, -0.25) is 14.4 Å². The Hall–Kier alpha value is -4.58. The zero-order chi connectivity index (χ0) is 28.1. The SMILES string of the molecule is CCC(=O)c1csc(NC(=O)[C@H]([C@@H](C)c2ccccc2)N2C(=O)NC(c3ccc(OCC(=O)O)cc3)C2=O)n1. The summed E-state index contributed by atoms with van der Waals surface area (Å²) >= 11 is 1.08. The van der Waals surface area contributed by atoms with Gasteiger partial charge in [0, 0.05) is 17.7 Å². The highest BCUT2D eigenvalue weighted by atomic mass is 32.1. The van der Waals surface area contributed by atoms with Crippen LogP contribution in [0.3, 0.4) is 0 Å². The van der Waals surface area contributed by atoms with Crippen LogP contribution in [-0.4, -0.2) is 57.2 Å². The molecule has 3 N–H and O–H groups in total. The number of hydrogen-bond donors (Lipinski definition) is 3. The van der Waals surface area contributed by atoms with Gasteiger partial charge >= 0.3 is 12.0 Å². The third kappa shape index (κ3) is 6.12. The first kappa shape index (κ1) is 27.5. The van der Waals surface area contributed by atoms with Crippen molar-refractivity contribution >= 4 is 46.1 Å². The highest BCUT2D eigenvalue weighted by Crippen LogP contribution is 2.32. The molecule has 1 saturated heterocycles. The number of imide groups is 1. The number of ketones is 1. The van der Waals surface area contributed by atoms with Gasteiger partial charge < -0.3 is 20.5 Å². The second kappa shape index (κ2) is 11.9. The number of ether oxygens (including phenoxy) is 1. The monoisotopic (exact) mass is 550 g/mol. The zero-order valence-electron chi connectivity index (χ0n) is 21.1. The highest BCUT2D eigenvalue weighted by molar-refractivity contribution is 7.14. The van der Waals surface area contributed by atoms with Crippen LogP contribution in [0.15, 0.2) is 60.0 Å². The minimum Gasteiger partial charge on any atom is -0.482 e. The number of Topliss-reactive ketones (excluding diaryl/α,β-unsaturated/α-hetero) is 1. The molecular formula is C27H26N4O7S. The molecule has 1 aromatic heterocycles. The standard InChI is InChI=1S/C27H26N4O7S/c1-3-20(32)19-14-39-26(28-19)30-24(35)23(15(2)16-7-5-4-6-8-16)31-25(36)22(29-27(31)37)17-9-11-18(12-10-17)38-13-21(33)34/h4-12,14-15,22-23H,3,13H2,1-2H3,(H,29,37)(H,33,34)(H,28,30,35)/t15-,22?,23-/m0/s1. The van der Waals surface area contributed by atoms with E-state index in [1.165, 1.54) is 12.1 Å². The van der Waals surface area contributed by atoms with E-state index in [9.17, 15) is 24.0 Å². The lowest BCUT2D eigenvalue weighted by Gasteiger charge is -2.29. The van der Waals surface area contributed by atoms with Gasteiger partial charge in [0.1, 0.15) is 23.5 Å². The molecular weight excluding hydrogens is 524 g/mol. The Morgan fingerprint density at radius 2 is 1.82 bits per heavy atom. The van der Waals surface area contributed by atoms with Crippen molar-refractivity contribution in [3.05, 3.63) is 76.8 Å². The number of aliphatic carboxylic acids is 1. The molecule has 4 amide bonds. The Bertz CT molecular complexity index is 1390. The summed E-state index contributed by atoms with van der Waals surface area (Å²) in [5.74, 6) is -2.84. The van der Waals surface area contributed by atoms with Crippen molar-refractivity contribution in [3.63, 3.8) is 0 Å². The van der Waals surface area contributed by atoms with Crippen LogP contribution >= 0.6 is 11.3 Å². The number of nitrogens with one attached hydrogen (secondary N) is 2. The summed E-state index contributed by atoms with van der Waals surface area (Å²) in [6.45, 7) is 2.94. The molecule has 2 heterocycles. The number of nitrogens with zero attached hydrogens (tertiary/aromatic N) is 2. The zero-order valence-corrected chi connectivity index (χ0v) is 21.9. The van der Waals surface area contributed by atoms with Crippen molar-refractivity contribution in [2.75, 3.05) is 11.9 Å². The topological polar surface area (TPSA) is 155 Å². The number of carboxylic acids is 1. The van der Waals surface area contributed by atoms with Gasteiger partial charge in [-0.15, -0.1) is 11.3 Å². The lowest BCUT2D eigenvalue weighted by Crippen LogP contribution is -2.50. The number of carbonyl (C=O) groups excluding carboxylic acids is 4. The van der Waals surface area contributed by atoms with E-state index in [0.29, 0.717) is 5.56 Å². The smallest absolute Gasteiger partial charge is 0.341 e. The molecule has 1 unspecified atom stereocenters. The molecule has 0 spiro atoms. The van der Waals surface area contributed by atoms with Crippen LogP contribution in [-0.2, 0) is 14.4 Å². The number of carboxylic acid groups (broad SMARTS) is 1. The summed E-state index contributed by atoms with van der Waals surface area (Å²) in [5, 5.41) is 15.8. The molecule has 1 fully saturated rings. The van der Waals surface area contributed by atoms with Crippen LogP contribution in [0, 0.1) is 0 Å². The van der Waals surface area contributed by atoms with Gasteiger partial charge in [0.2, 0.25) is 5.91 Å². The van der Waals surface area contributed by atoms with Crippen molar-refractivity contribution in [2.24, 2.45) is 0 Å². The molecule has 202 valence electrons. The number of urea groups is 1. The molecule has 0 bridgehead atoms. The number of anilines is 1. The number of aromatic nitrogens is 1. The molecule has 12 heteroatoms. The van der Waals surface area contributed by atoms with E-state index in [1.54, 1.807) is 55.6 Å². The molecule has 1 aliphatic rings.